The molecule has 1 aliphatic heterocycles. The first-order valence-corrected chi connectivity index (χ1v) is 9.93. The van der Waals surface area contributed by atoms with Gasteiger partial charge in [-0.15, -0.1) is 0 Å². The fourth-order valence-electron chi connectivity index (χ4n) is 3.88. The number of nitriles is 1. The third-order valence-corrected chi connectivity index (χ3v) is 5.55. The van der Waals surface area contributed by atoms with Crippen molar-refractivity contribution in [2.24, 2.45) is 0 Å². The van der Waals surface area contributed by atoms with E-state index in [-0.39, 0.29) is 0 Å². The van der Waals surface area contributed by atoms with Crippen molar-refractivity contribution in [3.63, 3.8) is 0 Å². The number of hydrogen-bond donors (Lipinski definition) is 0. The van der Waals surface area contributed by atoms with E-state index in [9.17, 15) is 13.2 Å². The Morgan fingerprint density at radius 2 is 1.80 bits per heavy atom. The Kier molecular flexibility index (Phi) is 5.64. The molecule has 4 rings (SSSR count). The minimum atomic E-state index is -4.35. The molecule has 0 atom stereocenters. The molecule has 5 nitrogen and oxygen atoms in total. The van der Waals surface area contributed by atoms with Crippen LogP contribution in [0, 0.1) is 11.3 Å². The molecule has 3 heterocycles. The molecule has 1 aliphatic rings. The molecule has 8 heteroatoms. The third kappa shape index (κ3) is 4.41. The summed E-state index contributed by atoms with van der Waals surface area (Å²) in [5.74, 6) is 0.386. The van der Waals surface area contributed by atoms with Crippen LogP contribution >= 0.6 is 0 Å². The minimum absolute atomic E-state index is 0.386. The molecule has 0 aliphatic carbocycles. The van der Waals surface area contributed by atoms with Crippen LogP contribution in [0.5, 0.6) is 0 Å². The molecule has 1 aromatic carbocycles. The molecule has 1 saturated heterocycles. The van der Waals surface area contributed by atoms with Gasteiger partial charge in [-0.1, -0.05) is 6.07 Å². The molecule has 30 heavy (non-hydrogen) atoms. The molecular weight excluding hydrogens is 391 g/mol. The van der Waals surface area contributed by atoms with Gasteiger partial charge in [0.15, 0.2) is 0 Å². The highest BCUT2D eigenvalue weighted by atomic mass is 19.4. The van der Waals surface area contributed by atoms with Crippen molar-refractivity contribution >= 4 is 16.7 Å². The third-order valence-electron chi connectivity index (χ3n) is 5.55. The fraction of sp³-hybridized carbons (Fsp3) is 0.364. The van der Waals surface area contributed by atoms with Gasteiger partial charge >= 0.3 is 6.18 Å². The number of anilines is 1. The van der Waals surface area contributed by atoms with Crippen molar-refractivity contribution in [3.8, 4) is 6.07 Å². The smallest absolute Gasteiger partial charge is 0.354 e. The van der Waals surface area contributed by atoms with Crippen molar-refractivity contribution in [2.45, 2.75) is 19.1 Å². The number of rotatable bonds is 5. The van der Waals surface area contributed by atoms with Crippen molar-refractivity contribution in [3.05, 3.63) is 59.9 Å². The molecule has 0 unspecified atom stereocenters. The first kappa shape index (κ1) is 20.2. The van der Waals surface area contributed by atoms with Crippen LogP contribution in [0.15, 0.2) is 48.8 Å². The predicted octanol–water partition coefficient (Wildman–Crippen LogP) is 4.14. The normalized spacial score (nSPS) is 15.5. The lowest BCUT2D eigenvalue weighted by Crippen LogP contribution is -2.47. The van der Waals surface area contributed by atoms with Crippen molar-refractivity contribution < 1.29 is 13.2 Å². The molecular formula is C22H22F3N5. The average Bonchev–Trinajstić information content (AvgIpc) is 3.16. The number of nitrogens with zero attached hydrogens (tertiary/aromatic N) is 5. The largest absolute Gasteiger partial charge is 0.416 e. The van der Waals surface area contributed by atoms with Crippen molar-refractivity contribution in [2.75, 3.05) is 37.6 Å². The highest BCUT2D eigenvalue weighted by molar-refractivity contribution is 5.81. The lowest BCUT2D eigenvalue weighted by atomic mass is 10.2. The molecule has 156 valence electrons. The number of aryl methyl sites for hydroxylation is 1. The average molecular weight is 413 g/mol. The van der Waals surface area contributed by atoms with Gasteiger partial charge in [0.2, 0.25) is 0 Å². The Morgan fingerprint density at radius 1 is 1.00 bits per heavy atom. The van der Waals surface area contributed by atoms with Gasteiger partial charge in [-0.3, -0.25) is 4.90 Å². The topological polar surface area (TPSA) is 48.1 Å². The first-order valence-electron chi connectivity index (χ1n) is 9.93. The summed E-state index contributed by atoms with van der Waals surface area (Å²) in [6, 6.07) is 12.1. The zero-order valence-corrected chi connectivity index (χ0v) is 16.4. The zero-order chi connectivity index (χ0) is 21.1. The van der Waals surface area contributed by atoms with Crippen LogP contribution in [0.25, 0.3) is 10.9 Å². The van der Waals surface area contributed by atoms with Gasteiger partial charge in [-0.05, 0) is 48.7 Å². The predicted molar refractivity (Wildman–Crippen MR) is 109 cm³/mol. The number of benzene rings is 1. The van der Waals surface area contributed by atoms with Gasteiger partial charge in [-0.25, -0.2) is 4.98 Å². The summed E-state index contributed by atoms with van der Waals surface area (Å²) < 4.78 is 40.9. The first-order chi connectivity index (χ1) is 14.4. The zero-order valence-electron chi connectivity index (χ0n) is 16.4. The Labute approximate surface area is 172 Å². The Bertz CT molecular complexity index is 1060. The molecule has 0 bridgehead atoms. The quantitative estimate of drug-likeness (QED) is 0.631. The lowest BCUT2D eigenvalue weighted by molar-refractivity contribution is -0.137. The second-order valence-corrected chi connectivity index (χ2v) is 7.48. The van der Waals surface area contributed by atoms with Crippen LogP contribution in [0.2, 0.25) is 0 Å². The maximum Gasteiger partial charge on any atom is 0.416 e. The van der Waals surface area contributed by atoms with Crippen LogP contribution < -0.4 is 4.90 Å². The number of pyridine rings is 1. The standard InChI is InChI=1S/C22H22F3N5/c23-22(24,25)19-4-6-27-21(15-19)30-12-10-28(11-13-30)7-1-8-29-9-5-18-3-2-17(16-26)14-20(18)29/h2-6,9,14-15H,1,7-8,10-13H2. The lowest BCUT2D eigenvalue weighted by Gasteiger charge is -2.35. The van der Waals surface area contributed by atoms with Crippen LogP contribution in [0.4, 0.5) is 19.0 Å². The molecule has 0 N–H and O–H groups in total. The van der Waals surface area contributed by atoms with E-state index in [1.807, 2.05) is 29.3 Å². The number of aromatic nitrogens is 2. The number of fused-ring (bicyclic) bond motifs is 1. The Balaban J connectivity index is 1.29. The molecule has 0 amide bonds. The second-order valence-electron chi connectivity index (χ2n) is 7.48. The van der Waals surface area contributed by atoms with Crippen LogP contribution in [0.1, 0.15) is 17.5 Å². The number of piperazine rings is 1. The monoisotopic (exact) mass is 413 g/mol. The van der Waals surface area contributed by atoms with Gasteiger partial charge in [0, 0.05) is 50.6 Å². The highest BCUT2D eigenvalue weighted by Crippen LogP contribution is 2.30. The highest BCUT2D eigenvalue weighted by Gasteiger charge is 2.31. The molecule has 2 aromatic heterocycles. The molecule has 0 spiro atoms. The molecule has 1 fully saturated rings. The van der Waals surface area contributed by atoms with E-state index in [0.717, 1.165) is 55.6 Å². The summed E-state index contributed by atoms with van der Waals surface area (Å²) in [7, 11) is 0. The summed E-state index contributed by atoms with van der Waals surface area (Å²) in [6.45, 7) is 4.68. The summed E-state index contributed by atoms with van der Waals surface area (Å²) in [6.07, 6.45) is -0.120. The van der Waals surface area contributed by atoms with Gasteiger partial charge in [0.1, 0.15) is 5.82 Å². The van der Waals surface area contributed by atoms with E-state index in [2.05, 4.69) is 26.6 Å². The van der Waals surface area contributed by atoms with Crippen molar-refractivity contribution in [1.82, 2.24) is 14.5 Å². The fourth-order valence-corrected chi connectivity index (χ4v) is 3.88. The van der Waals surface area contributed by atoms with E-state index in [4.69, 9.17) is 5.26 Å². The van der Waals surface area contributed by atoms with Gasteiger partial charge in [0.05, 0.1) is 17.2 Å². The SMILES string of the molecule is N#Cc1ccc2ccn(CCCN3CCN(c4cc(C(F)(F)F)ccn4)CC3)c2c1. The maximum absolute atomic E-state index is 12.9. The van der Waals surface area contributed by atoms with Gasteiger partial charge in [0.25, 0.3) is 0 Å². The van der Waals surface area contributed by atoms with E-state index in [0.29, 0.717) is 24.5 Å². The summed E-state index contributed by atoms with van der Waals surface area (Å²) in [5.41, 5.74) is 1.06. The molecule has 0 saturated carbocycles. The van der Waals surface area contributed by atoms with E-state index < -0.39 is 11.7 Å². The van der Waals surface area contributed by atoms with E-state index >= 15 is 0 Å². The summed E-state index contributed by atoms with van der Waals surface area (Å²) in [4.78, 5) is 8.36. The van der Waals surface area contributed by atoms with Gasteiger partial charge < -0.3 is 9.47 Å². The summed E-state index contributed by atoms with van der Waals surface area (Å²) >= 11 is 0. The Hall–Kier alpha value is -3.05. The van der Waals surface area contributed by atoms with Gasteiger partial charge in [-0.2, -0.15) is 18.4 Å². The molecule has 3 aromatic rings. The number of alkyl halides is 3. The van der Waals surface area contributed by atoms with Crippen LogP contribution in [0.3, 0.4) is 0 Å². The number of halogens is 3. The van der Waals surface area contributed by atoms with E-state index in [1.165, 1.54) is 6.20 Å². The van der Waals surface area contributed by atoms with E-state index in [1.54, 1.807) is 0 Å². The maximum atomic E-state index is 12.9. The minimum Gasteiger partial charge on any atom is -0.354 e. The number of hydrogen-bond acceptors (Lipinski definition) is 4. The van der Waals surface area contributed by atoms with Crippen LogP contribution in [-0.4, -0.2) is 47.2 Å². The summed E-state index contributed by atoms with van der Waals surface area (Å²) in [5, 5.41) is 10.2. The Morgan fingerprint density at radius 3 is 2.53 bits per heavy atom. The van der Waals surface area contributed by atoms with Crippen LogP contribution in [-0.2, 0) is 12.7 Å². The van der Waals surface area contributed by atoms with Crippen molar-refractivity contribution in [1.29, 1.82) is 5.26 Å². The molecule has 0 radical (unpaired) electrons. The second kappa shape index (κ2) is 8.36.